The molecule has 1 aromatic carbocycles. The fourth-order valence-electron chi connectivity index (χ4n) is 2.21. The standard InChI is InChI=1S/C17H23N3O2S/c1-10(2)14-7-6-13(8-12(14)5)22-9-15(21)18-17-20-19-16(23-17)11(3)4/h6-8,10-11H,9H2,1-5H3,(H,18,20,21). The van der Waals surface area contributed by atoms with Crippen molar-refractivity contribution in [1.82, 2.24) is 10.2 Å². The molecule has 1 N–H and O–H groups in total. The van der Waals surface area contributed by atoms with Crippen molar-refractivity contribution in [2.75, 3.05) is 11.9 Å². The summed E-state index contributed by atoms with van der Waals surface area (Å²) in [6, 6.07) is 5.91. The molecule has 0 spiro atoms. The van der Waals surface area contributed by atoms with Crippen LogP contribution in [0, 0.1) is 6.92 Å². The van der Waals surface area contributed by atoms with E-state index in [9.17, 15) is 4.79 Å². The number of nitrogens with zero attached hydrogens (tertiary/aromatic N) is 2. The molecule has 124 valence electrons. The second-order valence-corrected chi connectivity index (χ2v) is 7.12. The Balaban J connectivity index is 1.90. The molecule has 5 nitrogen and oxygen atoms in total. The normalized spacial score (nSPS) is 11.1. The lowest BCUT2D eigenvalue weighted by atomic mass is 9.98. The second-order valence-electron chi connectivity index (χ2n) is 6.11. The zero-order valence-electron chi connectivity index (χ0n) is 14.2. The van der Waals surface area contributed by atoms with Gasteiger partial charge in [0.05, 0.1) is 0 Å². The molecule has 2 aromatic rings. The Morgan fingerprint density at radius 2 is 1.96 bits per heavy atom. The number of carbonyl (C=O) groups excluding carboxylic acids is 1. The van der Waals surface area contributed by atoms with Crippen LogP contribution in [0.3, 0.4) is 0 Å². The lowest BCUT2D eigenvalue weighted by Crippen LogP contribution is -2.20. The molecule has 1 amide bonds. The van der Waals surface area contributed by atoms with Gasteiger partial charge in [-0.1, -0.05) is 45.1 Å². The molecular formula is C17H23N3O2S. The smallest absolute Gasteiger partial charge is 0.264 e. The number of hydrogen-bond acceptors (Lipinski definition) is 5. The van der Waals surface area contributed by atoms with E-state index in [0.29, 0.717) is 22.7 Å². The van der Waals surface area contributed by atoms with Crippen molar-refractivity contribution < 1.29 is 9.53 Å². The highest BCUT2D eigenvalue weighted by Gasteiger charge is 2.11. The molecule has 0 bridgehead atoms. The van der Waals surface area contributed by atoms with Gasteiger partial charge >= 0.3 is 0 Å². The summed E-state index contributed by atoms with van der Waals surface area (Å²) in [5.41, 5.74) is 2.46. The fourth-order valence-corrected chi connectivity index (χ4v) is 2.97. The molecule has 1 heterocycles. The van der Waals surface area contributed by atoms with E-state index < -0.39 is 0 Å². The second kappa shape index (κ2) is 7.55. The van der Waals surface area contributed by atoms with E-state index >= 15 is 0 Å². The van der Waals surface area contributed by atoms with Gasteiger partial charge in [-0.05, 0) is 36.1 Å². The van der Waals surface area contributed by atoms with Crippen molar-refractivity contribution in [2.24, 2.45) is 0 Å². The number of rotatable bonds is 6. The monoisotopic (exact) mass is 333 g/mol. The highest BCUT2D eigenvalue weighted by atomic mass is 32.1. The van der Waals surface area contributed by atoms with Gasteiger partial charge in [0.15, 0.2) is 6.61 Å². The first-order valence-electron chi connectivity index (χ1n) is 7.73. The maximum atomic E-state index is 11.9. The molecule has 0 aliphatic rings. The number of ether oxygens (including phenoxy) is 1. The fraction of sp³-hybridized carbons (Fsp3) is 0.471. The van der Waals surface area contributed by atoms with E-state index in [1.807, 2.05) is 32.0 Å². The summed E-state index contributed by atoms with van der Waals surface area (Å²) in [7, 11) is 0. The lowest BCUT2D eigenvalue weighted by molar-refractivity contribution is -0.118. The number of carbonyl (C=O) groups is 1. The van der Waals surface area contributed by atoms with Gasteiger partial charge in [-0.25, -0.2) is 0 Å². The van der Waals surface area contributed by atoms with E-state index in [0.717, 1.165) is 5.01 Å². The summed E-state index contributed by atoms with van der Waals surface area (Å²) in [6.07, 6.45) is 0. The Morgan fingerprint density at radius 1 is 1.22 bits per heavy atom. The number of benzene rings is 1. The first-order chi connectivity index (χ1) is 10.9. The molecule has 0 saturated carbocycles. The summed E-state index contributed by atoms with van der Waals surface area (Å²) in [4.78, 5) is 11.9. The molecule has 2 rings (SSSR count). The van der Waals surface area contributed by atoms with E-state index in [1.165, 1.54) is 22.5 Å². The third-order valence-electron chi connectivity index (χ3n) is 3.41. The van der Waals surface area contributed by atoms with E-state index in [4.69, 9.17) is 4.74 Å². The highest BCUT2D eigenvalue weighted by molar-refractivity contribution is 7.15. The number of nitrogens with one attached hydrogen (secondary N) is 1. The summed E-state index contributed by atoms with van der Waals surface area (Å²) in [6.45, 7) is 10.4. The predicted octanol–water partition coefficient (Wildman–Crippen LogP) is 4.11. The number of anilines is 1. The molecule has 0 atom stereocenters. The van der Waals surface area contributed by atoms with Gasteiger partial charge in [-0.15, -0.1) is 10.2 Å². The van der Waals surface area contributed by atoms with Crippen LogP contribution in [0.4, 0.5) is 5.13 Å². The molecule has 23 heavy (non-hydrogen) atoms. The van der Waals surface area contributed by atoms with Gasteiger partial charge < -0.3 is 4.74 Å². The van der Waals surface area contributed by atoms with Crippen LogP contribution in [0.25, 0.3) is 0 Å². The van der Waals surface area contributed by atoms with Crippen LogP contribution in [-0.4, -0.2) is 22.7 Å². The minimum atomic E-state index is -0.234. The van der Waals surface area contributed by atoms with Crippen LogP contribution in [0.1, 0.15) is 55.7 Å². The molecule has 0 aliphatic carbocycles. The summed E-state index contributed by atoms with van der Waals surface area (Å²) in [5.74, 6) is 1.24. The molecular weight excluding hydrogens is 310 g/mol. The van der Waals surface area contributed by atoms with Crippen molar-refractivity contribution in [2.45, 2.75) is 46.5 Å². The molecule has 0 aliphatic heterocycles. The van der Waals surface area contributed by atoms with Crippen LogP contribution < -0.4 is 10.1 Å². The number of amides is 1. The van der Waals surface area contributed by atoms with E-state index in [2.05, 4.69) is 36.3 Å². The zero-order valence-corrected chi connectivity index (χ0v) is 15.0. The maximum Gasteiger partial charge on any atom is 0.264 e. The van der Waals surface area contributed by atoms with Crippen molar-refractivity contribution in [3.8, 4) is 5.75 Å². The van der Waals surface area contributed by atoms with Crippen molar-refractivity contribution in [1.29, 1.82) is 0 Å². The van der Waals surface area contributed by atoms with Crippen LogP contribution in [0.5, 0.6) is 5.75 Å². The molecule has 1 aromatic heterocycles. The van der Waals surface area contributed by atoms with Crippen molar-refractivity contribution in [3.63, 3.8) is 0 Å². The SMILES string of the molecule is Cc1cc(OCC(=O)Nc2nnc(C(C)C)s2)ccc1C(C)C. The molecule has 0 radical (unpaired) electrons. The Kier molecular flexibility index (Phi) is 5.71. The average molecular weight is 333 g/mol. The minimum Gasteiger partial charge on any atom is -0.484 e. The Bertz CT molecular complexity index is 680. The summed E-state index contributed by atoms with van der Waals surface area (Å²) < 4.78 is 5.55. The third kappa shape index (κ3) is 4.76. The molecule has 0 unspecified atom stereocenters. The quantitative estimate of drug-likeness (QED) is 0.864. The average Bonchev–Trinajstić information content (AvgIpc) is 2.93. The third-order valence-corrected chi connectivity index (χ3v) is 4.55. The van der Waals surface area contributed by atoms with Gasteiger partial charge in [0.25, 0.3) is 5.91 Å². The first kappa shape index (κ1) is 17.4. The maximum absolute atomic E-state index is 11.9. The van der Waals surface area contributed by atoms with Crippen LogP contribution in [0.2, 0.25) is 0 Å². The van der Waals surface area contributed by atoms with E-state index in [-0.39, 0.29) is 12.5 Å². The van der Waals surface area contributed by atoms with Crippen molar-refractivity contribution in [3.05, 3.63) is 34.3 Å². The number of hydrogen-bond donors (Lipinski definition) is 1. The summed E-state index contributed by atoms with van der Waals surface area (Å²) >= 11 is 1.39. The van der Waals surface area contributed by atoms with Crippen LogP contribution >= 0.6 is 11.3 Å². The summed E-state index contributed by atoms with van der Waals surface area (Å²) in [5, 5.41) is 12.1. The van der Waals surface area contributed by atoms with Gasteiger partial charge in [0, 0.05) is 5.92 Å². The first-order valence-corrected chi connectivity index (χ1v) is 8.55. The molecule has 0 saturated heterocycles. The van der Waals surface area contributed by atoms with Gasteiger partial charge in [0.1, 0.15) is 10.8 Å². The number of aromatic nitrogens is 2. The van der Waals surface area contributed by atoms with Gasteiger partial charge in [0.2, 0.25) is 5.13 Å². The minimum absolute atomic E-state index is 0.0446. The Morgan fingerprint density at radius 3 is 2.52 bits per heavy atom. The highest BCUT2D eigenvalue weighted by Crippen LogP contribution is 2.24. The Labute approximate surface area is 141 Å². The van der Waals surface area contributed by atoms with Crippen molar-refractivity contribution >= 4 is 22.4 Å². The largest absolute Gasteiger partial charge is 0.484 e. The zero-order chi connectivity index (χ0) is 17.0. The molecule has 6 heteroatoms. The van der Waals surface area contributed by atoms with Crippen LogP contribution in [-0.2, 0) is 4.79 Å². The topological polar surface area (TPSA) is 64.1 Å². The molecule has 0 fully saturated rings. The predicted molar refractivity (Wildman–Crippen MR) is 93.4 cm³/mol. The van der Waals surface area contributed by atoms with Gasteiger partial charge in [-0.2, -0.15) is 0 Å². The van der Waals surface area contributed by atoms with E-state index in [1.54, 1.807) is 0 Å². The van der Waals surface area contributed by atoms with Crippen LogP contribution in [0.15, 0.2) is 18.2 Å². The lowest BCUT2D eigenvalue weighted by Gasteiger charge is -2.12. The number of aryl methyl sites for hydroxylation is 1. The Hall–Kier alpha value is -1.95. The van der Waals surface area contributed by atoms with Gasteiger partial charge in [-0.3, -0.25) is 10.1 Å².